The van der Waals surface area contributed by atoms with Gasteiger partial charge in [-0.25, -0.2) is 0 Å². The van der Waals surface area contributed by atoms with Crippen molar-refractivity contribution in [3.05, 3.63) is 42.5 Å². The molecule has 2 aromatic rings. The molecule has 0 radical (unpaired) electrons. The maximum Gasteiger partial charge on any atom is 0.237 e. The third-order valence-electron chi connectivity index (χ3n) is 2.75. The Morgan fingerprint density at radius 2 is 1.78 bits per heavy atom. The monoisotopic (exact) mass is 242 g/mol. The molecule has 0 bridgehead atoms. The number of nitrogens with zero attached hydrogens (tertiary/aromatic N) is 1. The van der Waals surface area contributed by atoms with Gasteiger partial charge in [-0.3, -0.25) is 9.59 Å². The Bertz CT molecular complexity index is 602. The SMILES string of the molecule is CC(=O)N(CC(N)=O)c1cccc2ccccc12. The van der Waals surface area contributed by atoms with E-state index in [-0.39, 0.29) is 12.5 Å². The number of hydrogen-bond acceptors (Lipinski definition) is 2. The summed E-state index contributed by atoms with van der Waals surface area (Å²) in [6, 6.07) is 13.3. The molecule has 2 N–H and O–H groups in total. The molecule has 0 aliphatic rings. The average molecular weight is 242 g/mol. The van der Waals surface area contributed by atoms with Crippen molar-refractivity contribution in [3.8, 4) is 0 Å². The van der Waals surface area contributed by atoms with Crippen molar-refractivity contribution in [2.75, 3.05) is 11.4 Å². The number of nitrogens with two attached hydrogens (primary N) is 1. The summed E-state index contributed by atoms with van der Waals surface area (Å²) < 4.78 is 0. The molecule has 0 fully saturated rings. The third kappa shape index (κ3) is 2.32. The normalized spacial score (nSPS) is 10.3. The molecular formula is C14H14N2O2. The van der Waals surface area contributed by atoms with Gasteiger partial charge in [-0.2, -0.15) is 0 Å². The van der Waals surface area contributed by atoms with Gasteiger partial charge < -0.3 is 10.6 Å². The zero-order chi connectivity index (χ0) is 13.1. The summed E-state index contributed by atoms with van der Waals surface area (Å²) in [5, 5.41) is 1.95. The van der Waals surface area contributed by atoms with Gasteiger partial charge in [0.1, 0.15) is 6.54 Å². The van der Waals surface area contributed by atoms with E-state index in [0.717, 1.165) is 10.8 Å². The Balaban J connectivity index is 2.57. The van der Waals surface area contributed by atoms with Crippen molar-refractivity contribution in [1.29, 1.82) is 0 Å². The van der Waals surface area contributed by atoms with Gasteiger partial charge in [0.05, 0.1) is 5.69 Å². The molecule has 0 unspecified atom stereocenters. The number of carbonyl (C=O) groups excluding carboxylic acids is 2. The van der Waals surface area contributed by atoms with Crippen LogP contribution in [0.2, 0.25) is 0 Å². The number of benzene rings is 2. The lowest BCUT2D eigenvalue weighted by atomic mass is 10.1. The third-order valence-corrected chi connectivity index (χ3v) is 2.75. The van der Waals surface area contributed by atoms with Crippen molar-refractivity contribution in [2.45, 2.75) is 6.92 Å². The first kappa shape index (κ1) is 12.1. The van der Waals surface area contributed by atoms with E-state index >= 15 is 0 Å². The van der Waals surface area contributed by atoms with Gasteiger partial charge in [-0.05, 0) is 11.5 Å². The molecule has 2 rings (SSSR count). The molecule has 18 heavy (non-hydrogen) atoms. The van der Waals surface area contributed by atoms with Crippen LogP contribution in [0.1, 0.15) is 6.92 Å². The van der Waals surface area contributed by atoms with E-state index in [1.165, 1.54) is 11.8 Å². The van der Waals surface area contributed by atoms with E-state index < -0.39 is 5.91 Å². The molecule has 0 aliphatic carbocycles. The van der Waals surface area contributed by atoms with Crippen molar-refractivity contribution in [1.82, 2.24) is 0 Å². The molecule has 4 nitrogen and oxygen atoms in total. The van der Waals surface area contributed by atoms with Crippen LogP contribution in [0.15, 0.2) is 42.5 Å². The number of primary amides is 1. The van der Waals surface area contributed by atoms with Gasteiger partial charge in [-0.1, -0.05) is 36.4 Å². The van der Waals surface area contributed by atoms with Crippen LogP contribution in [0.25, 0.3) is 10.8 Å². The fourth-order valence-corrected chi connectivity index (χ4v) is 1.97. The standard InChI is InChI=1S/C14H14N2O2/c1-10(17)16(9-14(15)18)13-8-4-6-11-5-2-3-7-12(11)13/h2-8H,9H2,1H3,(H2,15,18). The number of fused-ring (bicyclic) bond motifs is 1. The number of carbonyl (C=O) groups is 2. The molecule has 92 valence electrons. The summed E-state index contributed by atoms with van der Waals surface area (Å²) in [4.78, 5) is 24.1. The highest BCUT2D eigenvalue weighted by Gasteiger charge is 2.15. The lowest BCUT2D eigenvalue weighted by Gasteiger charge is -2.21. The van der Waals surface area contributed by atoms with Crippen LogP contribution >= 0.6 is 0 Å². The number of hydrogen-bond donors (Lipinski definition) is 1. The molecule has 0 aliphatic heterocycles. The topological polar surface area (TPSA) is 63.4 Å². The zero-order valence-electron chi connectivity index (χ0n) is 10.1. The van der Waals surface area contributed by atoms with Crippen LogP contribution in [0.4, 0.5) is 5.69 Å². The molecule has 2 amide bonds. The van der Waals surface area contributed by atoms with Gasteiger partial charge >= 0.3 is 0 Å². The smallest absolute Gasteiger partial charge is 0.237 e. The molecule has 0 saturated heterocycles. The fourth-order valence-electron chi connectivity index (χ4n) is 1.97. The highest BCUT2D eigenvalue weighted by molar-refractivity contribution is 6.05. The highest BCUT2D eigenvalue weighted by atomic mass is 16.2. The van der Waals surface area contributed by atoms with E-state index in [9.17, 15) is 9.59 Å². The van der Waals surface area contributed by atoms with Gasteiger partial charge in [-0.15, -0.1) is 0 Å². The Labute approximate surface area is 105 Å². The molecule has 0 heterocycles. The second kappa shape index (κ2) is 4.87. The maximum atomic E-state index is 11.6. The zero-order valence-corrected chi connectivity index (χ0v) is 10.1. The van der Waals surface area contributed by atoms with Gasteiger partial charge in [0.15, 0.2) is 0 Å². The van der Waals surface area contributed by atoms with Gasteiger partial charge in [0, 0.05) is 12.3 Å². The van der Waals surface area contributed by atoms with Crippen LogP contribution in [0.5, 0.6) is 0 Å². The number of amides is 2. The summed E-state index contributed by atoms with van der Waals surface area (Å²) in [6.07, 6.45) is 0. The first-order chi connectivity index (χ1) is 8.59. The largest absolute Gasteiger partial charge is 0.368 e. The molecule has 0 spiro atoms. The summed E-state index contributed by atoms with van der Waals surface area (Å²) >= 11 is 0. The Hall–Kier alpha value is -2.36. The van der Waals surface area contributed by atoms with Crippen LogP contribution in [-0.2, 0) is 9.59 Å². The van der Waals surface area contributed by atoms with Crippen molar-refractivity contribution < 1.29 is 9.59 Å². The number of anilines is 1. The maximum absolute atomic E-state index is 11.6. The minimum absolute atomic E-state index is 0.108. The first-order valence-corrected chi connectivity index (χ1v) is 5.64. The minimum Gasteiger partial charge on any atom is -0.368 e. The highest BCUT2D eigenvalue weighted by Crippen LogP contribution is 2.26. The molecule has 0 atom stereocenters. The second-order valence-corrected chi connectivity index (χ2v) is 4.07. The summed E-state index contributed by atoms with van der Waals surface area (Å²) in [7, 11) is 0. The fraction of sp³-hybridized carbons (Fsp3) is 0.143. The number of rotatable bonds is 3. The summed E-state index contributed by atoms with van der Waals surface area (Å²) in [6.45, 7) is 1.31. The lowest BCUT2D eigenvalue weighted by molar-refractivity contribution is -0.121. The Morgan fingerprint density at radius 1 is 1.11 bits per heavy atom. The van der Waals surface area contributed by atoms with Crippen molar-refractivity contribution in [2.24, 2.45) is 5.73 Å². The molecule has 0 aromatic heterocycles. The Kier molecular flexibility index (Phi) is 3.28. The molecule has 2 aromatic carbocycles. The average Bonchev–Trinajstić information content (AvgIpc) is 2.35. The van der Waals surface area contributed by atoms with E-state index in [0.29, 0.717) is 5.69 Å². The minimum atomic E-state index is -0.530. The summed E-state index contributed by atoms with van der Waals surface area (Å²) in [5.41, 5.74) is 5.89. The molecule has 0 saturated carbocycles. The molecule has 4 heteroatoms. The van der Waals surface area contributed by atoms with Crippen LogP contribution in [0, 0.1) is 0 Å². The first-order valence-electron chi connectivity index (χ1n) is 5.64. The van der Waals surface area contributed by atoms with Gasteiger partial charge in [0.2, 0.25) is 11.8 Å². The predicted molar refractivity (Wildman–Crippen MR) is 71.2 cm³/mol. The van der Waals surface area contributed by atoms with Crippen molar-refractivity contribution >= 4 is 28.3 Å². The Morgan fingerprint density at radius 3 is 2.44 bits per heavy atom. The quantitative estimate of drug-likeness (QED) is 0.890. The van der Waals surface area contributed by atoms with E-state index in [1.54, 1.807) is 0 Å². The van der Waals surface area contributed by atoms with E-state index in [2.05, 4.69) is 0 Å². The summed E-state index contributed by atoms with van der Waals surface area (Å²) in [5.74, 6) is -0.733. The van der Waals surface area contributed by atoms with Crippen molar-refractivity contribution in [3.63, 3.8) is 0 Å². The van der Waals surface area contributed by atoms with Crippen LogP contribution in [-0.4, -0.2) is 18.4 Å². The van der Waals surface area contributed by atoms with Gasteiger partial charge in [0.25, 0.3) is 0 Å². The van der Waals surface area contributed by atoms with E-state index in [1.807, 2.05) is 42.5 Å². The predicted octanol–water partition coefficient (Wildman–Crippen LogP) is 1.68. The van der Waals surface area contributed by atoms with Crippen LogP contribution in [0.3, 0.4) is 0 Å². The van der Waals surface area contributed by atoms with E-state index in [4.69, 9.17) is 5.73 Å². The lowest BCUT2D eigenvalue weighted by Crippen LogP contribution is -2.37. The molecular weight excluding hydrogens is 228 g/mol. The second-order valence-electron chi connectivity index (χ2n) is 4.07. The van der Waals surface area contributed by atoms with Crippen LogP contribution < -0.4 is 10.6 Å².